The summed E-state index contributed by atoms with van der Waals surface area (Å²) in [5, 5.41) is 12.2. The minimum Gasteiger partial charge on any atom is -0.453 e. The average molecular weight is 450 g/mol. The highest BCUT2D eigenvalue weighted by molar-refractivity contribution is 6.02. The molecule has 0 aliphatic heterocycles. The van der Waals surface area contributed by atoms with E-state index in [1.807, 2.05) is 26.0 Å². The van der Waals surface area contributed by atoms with Gasteiger partial charge in [0.25, 0.3) is 0 Å². The number of hydrogen-bond acceptors (Lipinski definition) is 5. The summed E-state index contributed by atoms with van der Waals surface area (Å²) in [5.41, 5.74) is 4.03. The molecule has 0 aliphatic carbocycles. The Morgan fingerprint density at radius 1 is 1.18 bits per heavy atom. The standard InChI is InChI=1S/C26H31N3O4/c1-17(2)15-29-18(3)12-23(19(29)4)13-24(14-27)26(32)33-16-25(31)22-8-6-21(7-9-22)10-11-28-20(5)30/h6-9,12-13,17H,10-11,15-16H2,1-5H3,(H,28,30)/b24-13-. The van der Waals surface area contributed by atoms with Crippen molar-refractivity contribution in [2.45, 2.75) is 47.6 Å². The number of carbonyl (C=O) groups excluding carboxylic acids is 3. The number of esters is 1. The third kappa shape index (κ3) is 7.46. The Hall–Kier alpha value is -3.66. The van der Waals surface area contributed by atoms with Gasteiger partial charge in [-0.2, -0.15) is 5.26 Å². The molecule has 0 atom stereocenters. The van der Waals surface area contributed by atoms with E-state index in [1.165, 1.54) is 13.0 Å². The minimum atomic E-state index is -0.827. The van der Waals surface area contributed by atoms with Gasteiger partial charge in [0.2, 0.25) is 5.91 Å². The van der Waals surface area contributed by atoms with E-state index in [-0.39, 0.29) is 17.3 Å². The van der Waals surface area contributed by atoms with Crippen LogP contribution in [0.25, 0.3) is 6.08 Å². The lowest BCUT2D eigenvalue weighted by Crippen LogP contribution is -2.22. The zero-order valence-corrected chi connectivity index (χ0v) is 19.9. The topological polar surface area (TPSA) is 101 Å². The number of nitrogens with one attached hydrogen (secondary N) is 1. The van der Waals surface area contributed by atoms with Gasteiger partial charge in [-0.05, 0) is 49.5 Å². The van der Waals surface area contributed by atoms with Crippen LogP contribution < -0.4 is 5.32 Å². The average Bonchev–Trinajstić information content (AvgIpc) is 3.02. The van der Waals surface area contributed by atoms with E-state index in [2.05, 4.69) is 23.7 Å². The largest absolute Gasteiger partial charge is 0.453 e. The fraction of sp³-hybridized carbons (Fsp3) is 0.385. The van der Waals surface area contributed by atoms with E-state index in [0.717, 1.165) is 29.1 Å². The number of benzene rings is 1. The quantitative estimate of drug-likeness (QED) is 0.257. The molecule has 0 aliphatic rings. The normalized spacial score (nSPS) is 11.2. The summed E-state index contributed by atoms with van der Waals surface area (Å²) in [4.78, 5) is 35.7. The number of ketones is 1. The van der Waals surface area contributed by atoms with Gasteiger partial charge in [0, 0.05) is 37.0 Å². The van der Waals surface area contributed by atoms with Crippen molar-refractivity contribution in [2.75, 3.05) is 13.2 Å². The van der Waals surface area contributed by atoms with Gasteiger partial charge < -0.3 is 14.6 Å². The van der Waals surface area contributed by atoms with Crippen molar-refractivity contribution in [3.05, 3.63) is 64.0 Å². The number of ether oxygens (including phenoxy) is 1. The molecule has 33 heavy (non-hydrogen) atoms. The van der Waals surface area contributed by atoms with E-state index in [9.17, 15) is 19.6 Å². The van der Waals surface area contributed by atoms with Crippen LogP contribution in [-0.4, -0.2) is 35.4 Å². The molecule has 0 unspecified atom stereocenters. The summed E-state index contributed by atoms with van der Waals surface area (Å²) in [6.45, 7) is 10.6. The molecule has 0 bridgehead atoms. The van der Waals surface area contributed by atoms with Gasteiger partial charge in [-0.1, -0.05) is 38.1 Å². The highest BCUT2D eigenvalue weighted by Crippen LogP contribution is 2.20. The van der Waals surface area contributed by atoms with Crippen LogP contribution in [0.1, 0.15) is 53.6 Å². The van der Waals surface area contributed by atoms with E-state index < -0.39 is 12.6 Å². The van der Waals surface area contributed by atoms with Crippen LogP contribution in [0.15, 0.2) is 35.9 Å². The van der Waals surface area contributed by atoms with Gasteiger partial charge in [0.1, 0.15) is 11.6 Å². The van der Waals surface area contributed by atoms with Crippen molar-refractivity contribution in [2.24, 2.45) is 5.92 Å². The predicted molar refractivity (Wildman–Crippen MR) is 126 cm³/mol. The Morgan fingerprint density at radius 2 is 1.85 bits per heavy atom. The minimum absolute atomic E-state index is 0.0900. The molecule has 0 spiro atoms. The van der Waals surface area contributed by atoms with Gasteiger partial charge in [-0.25, -0.2) is 4.79 Å². The number of Topliss-reactive ketones (excluding diaryl/α,β-unsaturated/α-hetero) is 1. The number of nitrogens with zero attached hydrogens (tertiary/aromatic N) is 2. The summed E-state index contributed by atoms with van der Waals surface area (Å²) < 4.78 is 7.27. The van der Waals surface area contributed by atoms with Gasteiger partial charge in [0.05, 0.1) is 0 Å². The number of rotatable bonds is 10. The van der Waals surface area contributed by atoms with Crippen LogP contribution >= 0.6 is 0 Å². The Bertz CT molecular complexity index is 1090. The molecule has 1 amide bonds. The molecule has 0 saturated heterocycles. The zero-order valence-electron chi connectivity index (χ0n) is 19.9. The van der Waals surface area contributed by atoms with Gasteiger partial charge >= 0.3 is 5.97 Å². The number of nitriles is 1. The molecule has 1 aromatic heterocycles. The molecular weight excluding hydrogens is 418 g/mol. The fourth-order valence-corrected chi connectivity index (χ4v) is 3.44. The van der Waals surface area contributed by atoms with Crippen molar-refractivity contribution >= 4 is 23.7 Å². The maximum absolute atomic E-state index is 12.4. The summed E-state index contributed by atoms with van der Waals surface area (Å²) >= 11 is 0. The highest BCUT2D eigenvalue weighted by Gasteiger charge is 2.16. The molecule has 0 fully saturated rings. The van der Waals surface area contributed by atoms with Crippen LogP contribution in [-0.2, 0) is 27.3 Å². The molecular formula is C26H31N3O4. The molecule has 0 saturated carbocycles. The second kappa shape index (κ2) is 11.8. The number of carbonyl (C=O) groups is 3. The number of hydrogen-bond donors (Lipinski definition) is 1. The lowest BCUT2D eigenvalue weighted by molar-refractivity contribution is -0.137. The SMILES string of the molecule is CC(=O)NCCc1ccc(C(=O)COC(=O)/C(C#N)=C\c2cc(C)n(CC(C)C)c2C)cc1. The van der Waals surface area contributed by atoms with E-state index >= 15 is 0 Å². The Labute approximate surface area is 195 Å². The van der Waals surface area contributed by atoms with E-state index in [1.54, 1.807) is 24.3 Å². The summed E-state index contributed by atoms with van der Waals surface area (Å²) in [6, 6.07) is 10.7. The third-order valence-electron chi connectivity index (χ3n) is 5.20. The van der Waals surface area contributed by atoms with Crippen LogP contribution in [0, 0.1) is 31.1 Å². The second-order valence-electron chi connectivity index (χ2n) is 8.43. The molecule has 1 heterocycles. The van der Waals surface area contributed by atoms with Crippen molar-refractivity contribution in [3.8, 4) is 6.07 Å². The van der Waals surface area contributed by atoms with Gasteiger partial charge in [0.15, 0.2) is 12.4 Å². The molecule has 2 rings (SSSR count). The van der Waals surface area contributed by atoms with E-state index in [0.29, 0.717) is 24.4 Å². The monoisotopic (exact) mass is 449 g/mol. The Balaban J connectivity index is 2.00. The third-order valence-corrected chi connectivity index (χ3v) is 5.20. The second-order valence-corrected chi connectivity index (χ2v) is 8.43. The lowest BCUT2D eigenvalue weighted by Gasteiger charge is -2.12. The summed E-state index contributed by atoms with van der Waals surface area (Å²) in [6.07, 6.45) is 2.16. The van der Waals surface area contributed by atoms with Crippen molar-refractivity contribution < 1.29 is 19.1 Å². The smallest absolute Gasteiger partial charge is 0.349 e. The van der Waals surface area contributed by atoms with E-state index in [4.69, 9.17) is 4.74 Å². The molecule has 1 aromatic carbocycles. The first-order chi connectivity index (χ1) is 15.6. The van der Waals surface area contributed by atoms with Gasteiger partial charge in [-0.3, -0.25) is 9.59 Å². The van der Waals surface area contributed by atoms with Crippen LogP contribution in [0.5, 0.6) is 0 Å². The van der Waals surface area contributed by atoms with Crippen molar-refractivity contribution in [3.63, 3.8) is 0 Å². The molecule has 0 radical (unpaired) electrons. The Morgan fingerprint density at radius 3 is 2.42 bits per heavy atom. The van der Waals surface area contributed by atoms with Crippen LogP contribution in [0.3, 0.4) is 0 Å². The number of aryl methyl sites for hydroxylation is 1. The molecule has 174 valence electrons. The molecule has 1 N–H and O–H groups in total. The maximum Gasteiger partial charge on any atom is 0.349 e. The summed E-state index contributed by atoms with van der Waals surface area (Å²) in [5.74, 6) is -0.812. The lowest BCUT2D eigenvalue weighted by atomic mass is 10.1. The van der Waals surface area contributed by atoms with Crippen LogP contribution in [0.2, 0.25) is 0 Å². The number of aromatic nitrogens is 1. The molecule has 2 aromatic rings. The van der Waals surface area contributed by atoms with Crippen molar-refractivity contribution in [1.29, 1.82) is 5.26 Å². The molecule has 7 heteroatoms. The molecule has 7 nitrogen and oxygen atoms in total. The number of amides is 1. The first kappa shape index (κ1) is 25.6. The van der Waals surface area contributed by atoms with Crippen molar-refractivity contribution in [1.82, 2.24) is 9.88 Å². The highest BCUT2D eigenvalue weighted by atomic mass is 16.5. The first-order valence-electron chi connectivity index (χ1n) is 10.9. The van der Waals surface area contributed by atoms with Gasteiger partial charge in [-0.15, -0.1) is 0 Å². The predicted octanol–water partition coefficient (Wildman–Crippen LogP) is 3.77. The van der Waals surface area contributed by atoms with Crippen LogP contribution in [0.4, 0.5) is 0 Å². The zero-order chi connectivity index (χ0) is 24.5. The fourth-order valence-electron chi connectivity index (χ4n) is 3.44. The Kier molecular flexibility index (Phi) is 9.17. The summed E-state index contributed by atoms with van der Waals surface area (Å²) in [7, 11) is 0. The maximum atomic E-state index is 12.4. The first-order valence-corrected chi connectivity index (χ1v) is 10.9.